The van der Waals surface area contributed by atoms with Crippen molar-refractivity contribution in [3.05, 3.63) is 71.8 Å². The highest BCUT2D eigenvalue weighted by Crippen LogP contribution is 2.25. The smallest absolute Gasteiger partial charge is 0.232 e. The molecule has 2 N–H and O–H groups in total. The largest absolute Gasteiger partial charge is 0.354 e. The summed E-state index contributed by atoms with van der Waals surface area (Å²) in [6.45, 7) is 0.501. The van der Waals surface area contributed by atoms with E-state index < -0.39 is 0 Å². The van der Waals surface area contributed by atoms with Crippen LogP contribution in [0, 0.1) is 0 Å². The fourth-order valence-electron chi connectivity index (χ4n) is 2.78. The van der Waals surface area contributed by atoms with Crippen molar-refractivity contribution in [1.29, 1.82) is 0 Å². The van der Waals surface area contributed by atoms with Crippen molar-refractivity contribution in [1.82, 2.24) is 10.6 Å². The maximum atomic E-state index is 12.8. The molecular formula is C18H18N2O2. The van der Waals surface area contributed by atoms with Crippen LogP contribution in [0.1, 0.15) is 23.5 Å². The Bertz CT molecular complexity index is 616. The number of hydrogen-bond acceptors (Lipinski definition) is 2. The molecule has 2 amide bonds. The summed E-state index contributed by atoms with van der Waals surface area (Å²) in [7, 11) is 0. The second-order valence-electron chi connectivity index (χ2n) is 5.47. The molecule has 2 aromatic rings. The Morgan fingerprint density at radius 2 is 1.55 bits per heavy atom. The molecule has 22 heavy (non-hydrogen) atoms. The first kappa shape index (κ1) is 14.3. The molecule has 4 nitrogen and oxygen atoms in total. The molecule has 112 valence electrons. The van der Waals surface area contributed by atoms with E-state index in [-0.39, 0.29) is 23.8 Å². The molecule has 0 aromatic heterocycles. The van der Waals surface area contributed by atoms with Gasteiger partial charge in [0.15, 0.2) is 0 Å². The fraction of sp³-hybridized carbons (Fsp3) is 0.222. The van der Waals surface area contributed by atoms with Crippen molar-refractivity contribution in [2.75, 3.05) is 6.54 Å². The van der Waals surface area contributed by atoms with Crippen LogP contribution in [0.15, 0.2) is 60.7 Å². The summed E-state index contributed by atoms with van der Waals surface area (Å²) >= 11 is 0. The summed E-state index contributed by atoms with van der Waals surface area (Å²) in [5, 5.41) is 5.72. The van der Waals surface area contributed by atoms with Gasteiger partial charge in [-0.2, -0.15) is 0 Å². The third kappa shape index (κ3) is 3.17. The highest BCUT2D eigenvalue weighted by molar-refractivity contribution is 5.88. The summed E-state index contributed by atoms with van der Waals surface area (Å²) in [6.07, 6.45) is 0.349. The van der Waals surface area contributed by atoms with Gasteiger partial charge < -0.3 is 10.6 Å². The van der Waals surface area contributed by atoms with Crippen LogP contribution in [0.2, 0.25) is 0 Å². The predicted octanol–water partition coefficient (Wildman–Crippen LogP) is 1.82. The quantitative estimate of drug-likeness (QED) is 0.903. The van der Waals surface area contributed by atoms with E-state index in [0.717, 1.165) is 11.1 Å². The van der Waals surface area contributed by atoms with Crippen molar-refractivity contribution < 1.29 is 9.59 Å². The van der Waals surface area contributed by atoms with Crippen LogP contribution in [0.3, 0.4) is 0 Å². The Morgan fingerprint density at radius 3 is 2.00 bits per heavy atom. The van der Waals surface area contributed by atoms with E-state index in [9.17, 15) is 9.59 Å². The first-order chi connectivity index (χ1) is 10.7. The lowest BCUT2D eigenvalue weighted by Gasteiger charge is -2.20. The van der Waals surface area contributed by atoms with Gasteiger partial charge in [-0.15, -0.1) is 0 Å². The maximum absolute atomic E-state index is 12.8. The lowest BCUT2D eigenvalue weighted by atomic mass is 9.90. The zero-order chi connectivity index (χ0) is 15.4. The molecule has 1 aliphatic rings. The van der Waals surface area contributed by atoms with Crippen LogP contribution in [0.25, 0.3) is 0 Å². The van der Waals surface area contributed by atoms with Gasteiger partial charge in [-0.1, -0.05) is 60.7 Å². The summed E-state index contributed by atoms with van der Waals surface area (Å²) in [4.78, 5) is 24.0. The first-order valence-corrected chi connectivity index (χ1v) is 7.41. The number of hydrogen-bond donors (Lipinski definition) is 2. The lowest BCUT2D eigenvalue weighted by Crippen LogP contribution is -2.39. The number of rotatable bonds is 4. The molecule has 0 aliphatic carbocycles. The van der Waals surface area contributed by atoms with E-state index in [4.69, 9.17) is 0 Å². The lowest BCUT2D eigenvalue weighted by molar-refractivity contribution is -0.122. The SMILES string of the molecule is O=C1CC(NC(=O)C(c2ccccc2)c2ccccc2)CN1. The molecule has 1 aliphatic heterocycles. The van der Waals surface area contributed by atoms with E-state index in [0.29, 0.717) is 13.0 Å². The predicted molar refractivity (Wildman–Crippen MR) is 84.3 cm³/mol. The number of carbonyl (C=O) groups excluding carboxylic acids is 2. The van der Waals surface area contributed by atoms with E-state index in [1.54, 1.807) is 0 Å². The molecule has 0 bridgehead atoms. The first-order valence-electron chi connectivity index (χ1n) is 7.41. The molecule has 1 fully saturated rings. The van der Waals surface area contributed by atoms with E-state index in [2.05, 4.69) is 10.6 Å². The molecule has 0 saturated carbocycles. The highest BCUT2D eigenvalue weighted by Gasteiger charge is 2.28. The van der Waals surface area contributed by atoms with Crippen LogP contribution in [-0.2, 0) is 9.59 Å². The van der Waals surface area contributed by atoms with Gasteiger partial charge in [-0.3, -0.25) is 9.59 Å². The molecule has 1 heterocycles. The van der Waals surface area contributed by atoms with Gasteiger partial charge in [0.05, 0.1) is 12.0 Å². The summed E-state index contributed by atoms with van der Waals surface area (Å²) < 4.78 is 0. The zero-order valence-corrected chi connectivity index (χ0v) is 12.2. The van der Waals surface area contributed by atoms with Gasteiger partial charge in [0.25, 0.3) is 0 Å². The van der Waals surface area contributed by atoms with Crippen molar-refractivity contribution in [3.63, 3.8) is 0 Å². The second kappa shape index (κ2) is 6.43. The molecule has 1 unspecified atom stereocenters. The molecule has 3 rings (SSSR count). The minimum Gasteiger partial charge on any atom is -0.354 e. The Hall–Kier alpha value is -2.62. The van der Waals surface area contributed by atoms with Crippen molar-refractivity contribution in [2.45, 2.75) is 18.4 Å². The number of nitrogens with one attached hydrogen (secondary N) is 2. The summed E-state index contributed by atoms with van der Waals surface area (Å²) in [5.74, 6) is -0.446. The van der Waals surface area contributed by atoms with Crippen LogP contribution in [0.4, 0.5) is 0 Å². The average molecular weight is 294 g/mol. The van der Waals surface area contributed by atoms with Gasteiger partial charge in [0.1, 0.15) is 0 Å². The van der Waals surface area contributed by atoms with Gasteiger partial charge >= 0.3 is 0 Å². The van der Waals surface area contributed by atoms with Crippen LogP contribution in [-0.4, -0.2) is 24.4 Å². The molecule has 0 radical (unpaired) electrons. The Balaban J connectivity index is 1.85. The standard InChI is InChI=1S/C18H18N2O2/c21-16-11-15(12-19-16)20-18(22)17(13-7-3-1-4-8-13)14-9-5-2-6-10-14/h1-10,15,17H,11-12H2,(H,19,21)(H,20,22). The minimum atomic E-state index is -0.363. The molecule has 0 spiro atoms. The van der Waals surface area contributed by atoms with E-state index in [1.165, 1.54) is 0 Å². The van der Waals surface area contributed by atoms with Gasteiger partial charge in [-0.25, -0.2) is 0 Å². The van der Waals surface area contributed by atoms with Gasteiger partial charge in [0, 0.05) is 13.0 Å². The van der Waals surface area contributed by atoms with Crippen molar-refractivity contribution >= 4 is 11.8 Å². The maximum Gasteiger partial charge on any atom is 0.232 e. The average Bonchev–Trinajstić information content (AvgIpc) is 2.95. The Morgan fingerprint density at radius 1 is 1.00 bits per heavy atom. The third-order valence-electron chi connectivity index (χ3n) is 3.85. The monoisotopic (exact) mass is 294 g/mol. The van der Waals surface area contributed by atoms with Crippen molar-refractivity contribution in [3.8, 4) is 0 Å². The van der Waals surface area contributed by atoms with Crippen LogP contribution in [0.5, 0.6) is 0 Å². The molecule has 1 saturated heterocycles. The van der Waals surface area contributed by atoms with Crippen molar-refractivity contribution in [2.24, 2.45) is 0 Å². The molecule has 4 heteroatoms. The number of carbonyl (C=O) groups is 2. The van der Waals surface area contributed by atoms with Gasteiger partial charge in [0.2, 0.25) is 11.8 Å². The molecule has 2 aromatic carbocycles. The second-order valence-corrected chi connectivity index (χ2v) is 5.47. The Labute approximate surface area is 129 Å². The zero-order valence-electron chi connectivity index (χ0n) is 12.2. The topological polar surface area (TPSA) is 58.2 Å². The van der Waals surface area contributed by atoms with Crippen LogP contribution >= 0.6 is 0 Å². The van der Waals surface area contributed by atoms with E-state index >= 15 is 0 Å². The highest BCUT2D eigenvalue weighted by atomic mass is 16.2. The molecular weight excluding hydrogens is 276 g/mol. The number of benzene rings is 2. The summed E-state index contributed by atoms with van der Waals surface area (Å²) in [6, 6.07) is 19.3. The van der Waals surface area contributed by atoms with Gasteiger partial charge in [-0.05, 0) is 11.1 Å². The Kier molecular flexibility index (Phi) is 4.19. The fourth-order valence-corrected chi connectivity index (χ4v) is 2.78. The summed E-state index contributed by atoms with van der Waals surface area (Å²) in [5.41, 5.74) is 1.90. The van der Waals surface area contributed by atoms with E-state index in [1.807, 2.05) is 60.7 Å². The third-order valence-corrected chi connectivity index (χ3v) is 3.85. The minimum absolute atomic E-state index is 0.0127. The normalized spacial score (nSPS) is 17.3. The number of amides is 2. The molecule has 1 atom stereocenters. The van der Waals surface area contributed by atoms with Crippen LogP contribution < -0.4 is 10.6 Å².